The van der Waals surface area contributed by atoms with E-state index >= 15 is 0 Å². The summed E-state index contributed by atoms with van der Waals surface area (Å²) < 4.78 is 1.67. The van der Waals surface area contributed by atoms with Gasteiger partial charge >= 0.3 is 0 Å². The van der Waals surface area contributed by atoms with Crippen molar-refractivity contribution in [2.75, 3.05) is 0 Å². The molecule has 7 heteroatoms. The average molecular weight is 390 g/mol. The van der Waals surface area contributed by atoms with Gasteiger partial charge in [-0.25, -0.2) is 14.6 Å². The lowest BCUT2D eigenvalue weighted by Crippen LogP contribution is -2.24. The molecule has 0 atom stereocenters. The topological polar surface area (TPSA) is 72.7 Å². The molecule has 1 amide bonds. The van der Waals surface area contributed by atoms with Crippen LogP contribution in [-0.4, -0.2) is 25.7 Å². The van der Waals surface area contributed by atoms with Gasteiger partial charge in [-0.15, -0.1) is 5.10 Å². The summed E-state index contributed by atoms with van der Waals surface area (Å²) in [5.41, 5.74) is 2.54. The van der Waals surface area contributed by atoms with Crippen molar-refractivity contribution in [3.63, 3.8) is 0 Å². The Kier molecular flexibility index (Phi) is 5.12. The first-order chi connectivity index (χ1) is 13.7. The second kappa shape index (κ2) is 8.02. The van der Waals surface area contributed by atoms with Gasteiger partial charge in [0.1, 0.15) is 5.15 Å². The zero-order chi connectivity index (χ0) is 19.3. The highest BCUT2D eigenvalue weighted by molar-refractivity contribution is 6.29. The van der Waals surface area contributed by atoms with E-state index in [0.717, 1.165) is 16.8 Å². The smallest absolute Gasteiger partial charge is 0.291 e. The first-order valence-corrected chi connectivity index (χ1v) is 9.05. The number of benzene rings is 2. The van der Waals surface area contributed by atoms with Crippen LogP contribution in [0.4, 0.5) is 0 Å². The Morgan fingerprint density at radius 1 is 0.964 bits per heavy atom. The highest BCUT2D eigenvalue weighted by Gasteiger charge is 2.18. The van der Waals surface area contributed by atoms with Crippen molar-refractivity contribution >= 4 is 17.5 Å². The maximum absolute atomic E-state index is 12.6. The third kappa shape index (κ3) is 3.92. The Labute approximate surface area is 166 Å². The van der Waals surface area contributed by atoms with Crippen LogP contribution in [0.3, 0.4) is 0 Å². The zero-order valence-electron chi connectivity index (χ0n) is 14.8. The molecule has 0 spiro atoms. The van der Waals surface area contributed by atoms with E-state index in [9.17, 15) is 4.79 Å². The van der Waals surface area contributed by atoms with Gasteiger partial charge in [0.2, 0.25) is 5.82 Å². The molecule has 0 bridgehead atoms. The maximum atomic E-state index is 12.6. The number of nitrogens with one attached hydrogen (secondary N) is 1. The lowest BCUT2D eigenvalue weighted by molar-refractivity contribution is 0.0940. The normalized spacial score (nSPS) is 10.6. The Morgan fingerprint density at radius 2 is 1.68 bits per heavy atom. The molecule has 0 saturated carbocycles. The predicted molar refractivity (Wildman–Crippen MR) is 107 cm³/mol. The molecule has 2 aromatic heterocycles. The first-order valence-electron chi connectivity index (χ1n) is 8.67. The molecule has 0 saturated heterocycles. The van der Waals surface area contributed by atoms with Gasteiger partial charge in [-0.3, -0.25) is 4.79 Å². The molecule has 0 unspecified atom stereocenters. The summed E-state index contributed by atoms with van der Waals surface area (Å²) in [6, 6.07) is 22.7. The van der Waals surface area contributed by atoms with E-state index in [-0.39, 0.29) is 11.7 Å². The van der Waals surface area contributed by atoms with E-state index in [4.69, 9.17) is 11.6 Å². The minimum atomic E-state index is -0.359. The van der Waals surface area contributed by atoms with Crippen LogP contribution < -0.4 is 5.32 Å². The second-order valence-electron chi connectivity index (χ2n) is 6.04. The summed E-state index contributed by atoms with van der Waals surface area (Å²) >= 11 is 5.79. The summed E-state index contributed by atoms with van der Waals surface area (Å²) in [6.45, 7) is 0.309. The van der Waals surface area contributed by atoms with Crippen molar-refractivity contribution in [2.24, 2.45) is 0 Å². The highest BCUT2D eigenvalue weighted by atomic mass is 35.5. The standard InChI is InChI=1S/C21H16ClN5O/c22-18-12-11-15(13-23-18)14-24-21(28)19-25-20(16-7-3-1-4-8-16)27(26-19)17-9-5-2-6-10-17/h1-13H,14H2,(H,24,28). The Hall–Kier alpha value is -3.51. The summed E-state index contributed by atoms with van der Waals surface area (Å²) in [6.07, 6.45) is 1.62. The van der Waals surface area contributed by atoms with Crippen LogP contribution in [0.1, 0.15) is 16.2 Å². The van der Waals surface area contributed by atoms with Crippen LogP contribution in [0.2, 0.25) is 5.15 Å². The van der Waals surface area contributed by atoms with Gasteiger partial charge in [-0.05, 0) is 23.8 Å². The van der Waals surface area contributed by atoms with Gasteiger partial charge in [-0.2, -0.15) is 0 Å². The summed E-state index contributed by atoms with van der Waals surface area (Å²) in [7, 11) is 0. The van der Waals surface area contributed by atoms with Crippen molar-refractivity contribution in [3.05, 3.63) is 95.5 Å². The molecule has 0 aliphatic heterocycles. The number of halogens is 1. The van der Waals surface area contributed by atoms with Gasteiger partial charge in [0.15, 0.2) is 5.82 Å². The molecule has 1 N–H and O–H groups in total. The van der Waals surface area contributed by atoms with E-state index in [2.05, 4.69) is 20.4 Å². The van der Waals surface area contributed by atoms with E-state index in [0.29, 0.717) is 17.5 Å². The van der Waals surface area contributed by atoms with Gasteiger partial charge in [0, 0.05) is 18.3 Å². The highest BCUT2D eigenvalue weighted by Crippen LogP contribution is 2.21. The van der Waals surface area contributed by atoms with Crippen molar-refractivity contribution in [3.8, 4) is 17.1 Å². The SMILES string of the molecule is O=C(NCc1ccc(Cl)nc1)c1nc(-c2ccccc2)n(-c2ccccc2)n1. The van der Waals surface area contributed by atoms with Crippen LogP contribution in [-0.2, 0) is 6.54 Å². The fourth-order valence-corrected chi connectivity index (χ4v) is 2.82. The number of pyridine rings is 1. The Morgan fingerprint density at radius 3 is 2.36 bits per heavy atom. The van der Waals surface area contributed by atoms with Gasteiger partial charge in [0.05, 0.1) is 5.69 Å². The first kappa shape index (κ1) is 17.9. The summed E-state index contributed by atoms with van der Waals surface area (Å²) in [5.74, 6) is 0.344. The fraction of sp³-hybridized carbons (Fsp3) is 0.0476. The second-order valence-corrected chi connectivity index (χ2v) is 6.43. The largest absolute Gasteiger partial charge is 0.345 e. The molecule has 138 valence electrons. The zero-order valence-corrected chi connectivity index (χ0v) is 15.5. The number of nitrogens with zero attached hydrogens (tertiary/aromatic N) is 4. The lowest BCUT2D eigenvalue weighted by atomic mass is 10.2. The van der Waals surface area contributed by atoms with Crippen LogP contribution in [0, 0.1) is 0 Å². The van der Waals surface area contributed by atoms with E-state index < -0.39 is 0 Å². The Balaban J connectivity index is 1.63. The van der Waals surface area contributed by atoms with E-state index in [1.165, 1.54) is 0 Å². The van der Waals surface area contributed by atoms with Gasteiger partial charge in [0.25, 0.3) is 5.91 Å². The van der Waals surface area contributed by atoms with Crippen LogP contribution in [0.15, 0.2) is 79.0 Å². The number of rotatable bonds is 5. The van der Waals surface area contributed by atoms with Crippen molar-refractivity contribution < 1.29 is 4.79 Å². The molecule has 4 rings (SSSR count). The number of amides is 1. The molecule has 6 nitrogen and oxygen atoms in total. The van der Waals surface area contributed by atoms with Crippen LogP contribution in [0.5, 0.6) is 0 Å². The molecular formula is C21H16ClN5O. The van der Waals surface area contributed by atoms with Gasteiger partial charge < -0.3 is 5.32 Å². The molecule has 4 aromatic rings. The third-order valence-corrected chi connectivity index (χ3v) is 4.31. The monoisotopic (exact) mass is 389 g/mol. The quantitative estimate of drug-likeness (QED) is 0.525. The molecule has 28 heavy (non-hydrogen) atoms. The predicted octanol–water partition coefficient (Wildman–Crippen LogP) is 3.91. The molecule has 0 aliphatic rings. The number of carbonyl (C=O) groups excluding carboxylic acids is 1. The van der Waals surface area contributed by atoms with E-state index in [1.807, 2.05) is 60.7 Å². The molecule has 0 aliphatic carbocycles. The van der Waals surface area contributed by atoms with Crippen molar-refractivity contribution in [1.29, 1.82) is 0 Å². The fourth-order valence-electron chi connectivity index (χ4n) is 2.70. The summed E-state index contributed by atoms with van der Waals surface area (Å²) in [5, 5.41) is 7.67. The number of hydrogen-bond acceptors (Lipinski definition) is 4. The molecule has 2 aromatic carbocycles. The molecule has 0 radical (unpaired) electrons. The molecule has 0 fully saturated rings. The molecular weight excluding hydrogens is 374 g/mol. The number of hydrogen-bond donors (Lipinski definition) is 1. The van der Waals surface area contributed by atoms with Crippen LogP contribution in [0.25, 0.3) is 17.1 Å². The lowest BCUT2D eigenvalue weighted by Gasteiger charge is -2.05. The summed E-state index contributed by atoms with van der Waals surface area (Å²) in [4.78, 5) is 21.1. The molecule has 2 heterocycles. The number of aromatic nitrogens is 4. The van der Waals surface area contributed by atoms with Crippen molar-refractivity contribution in [1.82, 2.24) is 25.1 Å². The van der Waals surface area contributed by atoms with Crippen LogP contribution >= 0.6 is 11.6 Å². The number of carbonyl (C=O) groups is 1. The number of para-hydroxylation sites is 1. The van der Waals surface area contributed by atoms with E-state index in [1.54, 1.807) is 23.0 Å². The third-order valence-electron chi connectivity index (χ3n) is 4.08. The Bertz CT molecular complexity index is 1020. The minimum Gasteiger partial charge on any atom is -0.345 e. The maximum Gasteiger partial charge on any atom is 0.291 e. The minimum absolute atomic E-state index is 0.102. The average Bonchev–Trinajstić information content (AvgIpc) is 3.20. The van der Waals surface area contributed by atoms with Crippen molar-refractivity contribution in [2.45, 2.75) is 6.54 Å². The van der Waals surface area contributed by atoms with Gasteiger partial charge in [-0.1, -0.05) is 66.2 Å².